The Hall–Kier alpha value is -2.49. The highest BCUT2D eigenvalue weighted by Crippen LogP contribution is 2.20. The molecule has 0 spiro atoms. The smallest absolute Gasteiger partial charge is 0.262 e. The largest absolute Gasteiger partial charge is 0.484 e. The van der Waals surface area contributed by atoms with Crippen molar-refractivity contribution in [3.05, 3.63) is 53.6 Å². The number of anilines is 2. The average molecular weight is 298 g/mol. The van der Waals surface area contributed by atoms with Gasteiger partial charge < -0.3 is 15.8 Å². The zero-order valence-electron chi connectivity index (χ0n) is 13.2. The number of nitrogens with one attached hydrogen (secondary N) is 1. The van der Waals surface area contributed by atoms with Crippen molar-refractivity contribution in [3.8, 4) is 5.75 Å². The van der Waals surface area contributed by atoms with Crippen LogP contribution >= 0.6 is 0 Å². The lowest BCUT2D eigenvalue weighted by Gasteiger charge is -2.11. The summed E-state index contributed by atoms with van der Waals surface area (Å²) in [4.78, 5) is 11.9. The number of ether oxygens (including phenoxy) is 1. The summed E-state index contributed by atoms with van der Waals surface area (Å²) in [6.07, 6.45) is 0. The maximum absolute atomic E-state index is 11.9. The quantitative estimate of drug-likeness (QED) is 0.827. The van der Waals surface area contributed by atoms with E-state index in [-0.39, 0.29) is 12.5 Å². The third-order valence-electron chi connectivity index (χ3n) is 3.45. The second-order valence-electron chi connectivity index (χ2n) is 5.63. The minimum Gasteiger partial charge on any atom is -0.484 e. The topological polar surface area (TPSA) is 64.3 Å². The first-order valence-corrected chi connectivity index (χ1v) is 7.34. The van der Waals surface area contributed by atoms with E-state index in [4.69, 9.17) is 10.5 Å². The van der Waals surface area contributed by atoms with Crippen LogP contribution in [0.5, 0.6) is 5.75 Å². The molecule has 22 heavy (non-hydrogen) atoms. The normalized spacial score (nSPS) is 10.5. The lowest BCUT2D eigenvalue weighted by atomic mass is 10.0. The van der Waals surface area contributed by atoms with Gasteiger partial charge in [0, 0.05) is 11.4 Å². The number of rotatable bonds is 5. The molecule has 1 amide bonds. The highest BCUT2D eigenvalue weighted by Gasteiger charge is 2.07. The average Bonchev–Trinajstić information content (AvgIpc) is 2.49. The van der Waals surface area contributed by atoms with E-state index in [1.807, 2.05) is 37.3 Å². The van der Waals surface area contributed by atoms with Crippen LogP contribution in [0.25, 0.3) is 0 Å². The van der Waals surface area contributed by atoms with E-state index in [1.165, 1.54) is 5.56 Å². The van der Waals surface area contributed by atoms with Crippen molar-refractivity contribution in [2.24, 2.45) is 0 Å². The van der Waals surface area contributed by atoms with Gasteiger partial charge in [-0.1, -0.05) is 32.0 Å². The van der Waals surface area contributed by atoms with Crippen molar-refractivity contribution in [3.63, 3.8) is 0 Å². The van der Waals surface area contributed by atoms with Crippen molar-refractivity contribution in [1.82, 2.24) is 0 Å². The van der Waals surface area contributed by atoms with Gasteiger partial charge in [0.2, 0.25) is 0 Å². The number of carbonyl (C=O) groups is 1. The van der Waals surface area contributed by atoms with Crippen molar-refractivity contribution >= 4 is 17.3 Å². The molecule has 0 radical (unpaired) electrons. The third-order valence-corrected chi connectivity index (χ3v) is 3.45. The van der Waals surface area contributed by atoms with Gasteiger partial charge in [0.15, 0.2) is 6.61 Å². The molecule has 0 aliphatic carbocycles. The van der Waals surface area contributed by atoms with Gasteiger partial charge in [0.25, 0.3) is 5.91 Å². The fourth-order valence-corrected chi connectivity index (χ4v) is 2.06. The first-order chi connectivity index (χ1) is 10.5. The predicted octanol–water partition coefficient (Wildman–Crippen LogP) is 3.72. The highest BCUT2D eigenvalue weighted by atomic mass is 16.5. The molecule has 0 aromatic heterocycles. The molecular formula is C18H22N2O2. The van der Waals surface area contributed by atoms with Crippen LogP contribution in [0.1, 0.15) is 30.9 Å². The minimum atomic E-state index is -0.207. The van der Waals surface area contributed by atoms with Crippen LogP contribution in [-0.4, -0.2) is 12.5 Å². The molecular weight excluding hydrogens is 276 g/mol. The molecule has 2 aromatic rings. The lowest BCUT2D eigenvalue weighted by molar-refractivity contribution is -0.118. The number of hydrogen-bond donors (Lipinski definition) is 2. The molecule has 0 aliphatic rings. The van der Waals surface area contributed by atoms with E-state index in [0.717, 1.165) is 5.56 Å². The summed E-state index contributed by atoms with van der Waals surface area (Å²) in [7, 11) is 0. The van der Waals surface area contributed by atoms with Gasteiger partial charge in [-0.3, -0.25) is 4.79 Å². The molecule has 4 nitrogen and oxygen atoms in total. The molecule has 0 aliphatic heterocycles. The van der Waals surface area contributed by atoms with Crippen LogP contribution in [0.2, 0.25) is 0 Å². The Morgan fingerprint density at radius 2 is 1.86 bits per heavy atom. The molecule has 0 heterocycles. The molecule has 0 saturated carbocycles. The number of aryl methyl sites for hydroxylation is 1. The predicted molar refractivity (Wildman–Crippen MR) is 90.2 cm³/mol. The maximum atomic E-state index is 11.9. The van der Waals surface area contributed by atoms with Gasteiger partial charge in [-0.25, -0.2) is 0 Å². The Bertz CT molecular complexity index is 649. The van der Waals surface area contributed by atoms with Crippen LogP contribution in [0.15, 0.2) is 42.5 Å². The molecule has 2 aromatic carbocycles. The summed E-state index contributed by atoms with van der Waals surface area (Å²) in [5.41, 5.74) is 9.26. The van der Waals surface area contributed by atoms with E-state index < -0.39 is 0 Å². The Morgan fingerprint density at radius 3 is 2.50 bits per heavy atom. The SMILES string of the molecule is Cc1ccc(N)cc1NC(=O)COc1ccc(C(C)C)cc1. The van der Waals surface area contributed by atoms with Crippen LogP contribution < -0.4 is 15.8 Å². The van der Waals surface area contributed by atoms with Gasteiger partial charge >= 0.3 is 0 Å². The van der Waals surface area contributed by atoms with Gasteiger partial charge in [-0.15, -0.1) is 0 Å². The molecule has 3 N–H and O–H groups in total. The summed E-state index contributed by atoms with van der Waals surface area (Å²) in [5.74, 6) is 0.953. The number of carbonyl (C=O) groups excluding carboxylic acids is 1. The molecule has 2 rings (SSSR count). The monoisotopic (exact) mass is 298 g/mol. The van der Waals surface area contributed by atoms with E-state index in [9.17, 15) is 4.79 Å². The van der Waals surface area contributed by atoms with E-state index >= 15 is 0 Å². The van der Waals surface area contributed by atoms with E-state index in [2.05, 4.69) is 19.2 Å². The molecule has 0 saturated heterocycles. The zero-order chi connectivity index (χ0) is 16.1. The maximum Gasteiger partial charge on any atom is 0.262 e. The number of hydrogen-bond acceptors (Lipinski definition) is 3. The first-order valence-electron chi connectivity index (χ1n) is 7.34. The summed E-state index contributed by atoms with van der Waals surface area (Å²) in [6.45, 7) is 6.16. The summed E-state index contributed by atoms with van der Waals surface area (Å²) < 4.78 is 5.50. The van der Waals surface area contributed by atoms with Crippen LogP contribution in [0.3, 0.4) is 0 Å². The summed E-state index contributed by atoms with van der Waals surface area (Å²) >= 11 is 0. The Kier molecular flexibility index (Phi) is 5.04. The van der Waals surface area contributed by atoms with E-state index in [1.54, 1.807) is 12.1 Å². The number of benzene rings is 2. The second kappa shape index (κ2) is 6.98. The van der Waals surface area contributed by atoms with Gasteiger partial charge in [0.1, 0.15) is 5.75 Å². The molecule has 0 fully saturated rings. The molecule has 0 bridgehead atoms. The zero-order valence-corrected chi connectivity index (χ0v) is 13.2. The highest BCUT2D eigenvalue weighted by molar-refractivity contribution is 5.93. The molecule has 116 valence electrons. The Labute approximate surface area is 131 Å². The van der Waals surface area contributed by atoms with Crippen molar-refractivity contribution in [1.29, 1.82) is 0 Å². The standard InChI is InChI=1S/C18H22N2O2/c1-12(2)14-5-8-16(9-6-14)22-11-18(21)20-17-10-15(19)7-4-13(17)3/h4-10,12H,11,19H2,1-3H3,(H,20,21). The molecule has 0 atom stereocenters. The summed E-state index contributed by atoms with van der Waals surface area (Å²) in [5, 5.41) is 2.81. The third kappa shape index (κ3) is 4.25. The van der Waals surface area contributed by atoms with Crippen molar-refractivity contribution < 1.29 is 9.53 Å². The van der Waals surface area contributed by atoms with Gasteiger partial charge in [-0.05, 0) is 48.2 Å². The lowest BCUT2D eigenvalue weighted by Crippen LogP contribution is -2.20. The fraction of sp³-hybridized carbons (Fsp3) is 0.278. The molecule has 0 unspecified atom stereocenters. The number of amides is 1. The fourth-order valence-electron chi connectivity index (χ4n) is 2.06. The second-order valence-corrected chi connectivity index (χ2v) is 5.63. The van der Waals surface area contributed by atoms with Crippen molar-refractivity contribution in [2.75, 3.05) is 17.7 Å². The van der Waals surface area contributed by atoms with Crippen LogP contribution in [0.4, 0.5) is 11.4 Å². The minimum absolute atomic E-state index is 0.0325. The van der Waals surface area contributed by atoms with Crippen LogP contribution in [0, 0.1) is 6.92 Å². The van der Waals surface area contributed by atoms with E-state index in [0.29, 0.717) is 23.0 Å². The van der Waals surface area contributed by atoms with Gasteiger partial charge in [-0.2, -0.15) is 0 Å². The Morgan fingerprint density at radius 1 is 1.18 bits per heavy atom. The number of nitrogens with two attached hydrogens (primary N) is 1. The van der Waals surface area contributed by atoms with Crippen LogP contribution in [-0.2, 0) is 4.79 Å². The first kappa shape index (κ1) is 15.9. The molecule has 4 heteroatoms. The van der Waals surface area contributed by atoms with Gasteiger partial charge in [0.05, 0.1) is 0 Å². The Balaban J connectivity index is 1.91. The summed E-state index contributed by atoms with van der Waals surface area (Å²) in [6, 6.07) is 13.2. The number of nitrogen functional groups attached to an aromatic ring is 1. The van der Waals surface area contributed by atoms with Crippen molar-refractivity contribution in [2.45, 2.75) is 26.7 Å².